The van der Waals surface area contributed by atoms with Gasteiger partial charge in [-0.3, -0.25) is 0 Å². The SMILES string of the molecule is C=C([Si](C)(C)O[Si](O[Si](C)(C)CC[Si](C)(C)O[Si](O[SiH](C)C)(c1ccccc1)c1ccccc1)(O[Si](C)(C)CC[Si](C)(C)O[Si](O[SiH](C)C)(c1ccccc1)c1ccccc1)c1ccccc1)[Si](C)(C)O[Si](O[SiH](C)C)(c1ccccc1)c1ccccc1. The van der Waals surface area contributed by atoms with E-state index in [1.807, 2.05) is 0 Å². The predicted molar refractivity (Wildman–Crippen MR) is 405 cm³/mol. The van der Waals surface area contributed by atoms with Crippen molar-refractivity contribution in [2.24, 2.45) is 0 Å². The highest BCUT2D eigenvalue weighted by molar-refractivity contribution is 7.10. The van der Waals surface area contributed by atoms with Crippen molar-refractivity contribution < 1.29 is 37.0 Å². The molecular formula is C66H102O9Si13. The summed E-state index contributed by atoms with van der Waals surface area (Å²) in [6, 6.07) is 78.4. The number of hydrogen-bond acceptors (Lipinski definition) is 9. The molecule has 0 aromatic heterocycles. The molecule has 7 aromatic rings. The average Bonchev–Trinajstić information content (AvgIpc) is 0.849. The third-order valence-corrected chi connectivity index (χ3v) is 66.0. The van der Waals surface area contributed by atoms with Gasteiger partial charge in [-0.15, -0.1) is 6.58 Å². The molecule has 0 aliphatic carbocycles. The molecule has 0 atom stereocenters. The Balaban J connectivity index is 1.31. The van der Waals surface area contributed by atoms with Crippen LogP contribution in [0.5, 0.6) is 0 Å². The van der Waals surface area contributed by atoms with E-state index >= 15 is 0 Å². The molecule has 0 spiro atoms. The summed E-state index contributed by atoms with van der Waals surface area (Å²) in [5, 5.41) is 7.75. The Kier molecular flexibility index (Phi) is 24.8. The van der Waals surface area contributed by atoms with Crippen LogP contribution in [-0.2, 0) is 37.0 Å². The maximum Gasteiger partial charge on any atom is 0.506 e. The summed E-state index contributed by atoms with van der Waals surface area (Å²) >= 11 is 0. The fourth-order valence-corrected chi connectivity index (χ4v) is 72.6. The molecule has 88 heavy (non-hydrogen) atoms. The first-order valence-corrected chi connectivity index (χ1v) is 65.4. The zero-order valence-electron chi connectivity index (χ0n) is 56.1. The minimum Gasteiger partial charge on any atom is -0.433 e. The molecule has 0 heterocycles. The molecule has 472 valence electrons. The highest BCUT2D eigenvalue weighted by Crippen LogP contribution is 2.38. The number of hydrogen-bond donors (Lipinski definition) is 0. The zero-order valence-corrected chi connectivity index (χ0v) is 69.6. The Morgan fingerprint density at radius 1 is 0.273 bits per heavy atom. The van der Waals surface area contributed by atoms with E-state index in [9.17, 15) is 0 Å². The molecule has 0 fully saturated rings. The van der Waals surface area contributed by atoms with Crippen molar-refractivity contribution in [1.29, 1.82) is 0 Å². The largest absolute Gasteiger partial charge is 0.506 e. The van der Waals surface area contributed by atoms with Crippen molar-refractivity contribution in [1.82, 2.24) is 0 Å². The van der Waals surface area contributed by atoms with E-state index in [1.165, 1.54) is 0 Å². The minimum atomic E-state index is -3.97. The van der Waals surface area contributed by atoms with E-state index in [0.717, 1.165) is 65.3 Å². The van der Waals surface area contributed by atoms with Gasteiger partial charge in [0.1, 0.15) is 0 Å². The Hall–Kier alpha value is -3.26. The third kappa shape index (κ3) is 18.7. The van der Waals surface area contributed by atoms with E-state index in [-0.39, 0.29) is 0 Å². The first kappa shape index (κ1) is 72.2. The summed E-state index contributed by atoms with van der Waals surface area (Å²) < 4.78 is 70.4. The Labute approximate surface area is 546 Å². The lowest BCUT2D eigenvalue weighted by atomic mass is 10.4. The monoisotopic (exact) mass is 1400 g/mol. The summed E-state index contributed by atoms with van der Waals surface area (Å²) in [5.74, 6) is 0. The van der Waals surface area contributed by atoms with Crippen LogP contribution in [0.2, 0.25) is 142 Å². The maximum atomic E-state index is 8.27. The molecular weight excluding hydrogens is 1300 g/mol. The molecule has 0 saturated heterocycles. The smallest absolute Gasteiger partial charge is 0.433 e. The van der Waals surface area contributed by atoms with Crippen LogP contribution >= 0.6 is 0 Å². The Morgan fingerprint density at radius 2 is 0.466 bits per heavy atom. The lowest BCUT2D eigenvalue weighted by Gasteiger charge is -2.48. The highest BCUT2D eigenvalue weighted by Gasteiger charge is 2.59. The fraction of sp³-hybridized carbons (Fsp3) is 0.333. The van der Waals surface area contributed by atoms with Gasteiger partial charge in [-0.2, -0.15) is 0 Å². The van der Waals surface area contributed by atoms with Crippen LogP contribution in [0, 0.1) is 0 Å². The lowest BCUT2D eigenvalue weighted by Crippen LogP contribution is -2.72. The van der Waals surface area contributed by atoms with Gasteiger partial charge in [0, 0.05) is 5.19 Å². The number of rotatable bonds is 33. The summed E-state index contributed by atoms with van der Waals surface area (Å²) in [6.07, 6.45) is 0. The molecule has 0 bridgehead atoms. The van der Waals surface area contributed by atoms with Gasteiger partial charge in [0.15, 0.2) is 60.4 Å². The minimum absolute atomic E-state index is 0.833. The molecule has 22 heteroatoms. The average molecular weight is 1400 g/mol. The van der Waals surface area contributed by atoms with Crippen molar-refractivity contribution in [2.45, 2.75) is 142 Å². The standard InChI is InChI=1S/C66H102O9Si13/c1-59(83(16,17)74-87(69-78(6)7,64-49-35-24-36-50-64)65-51-37-25-38-52-65)84(18,19)75-88(66-53-39-26-40-54-66,72-81(12,13)57-55-79(8,9)70-85(67-76(2)3,60-41-27-20-28-42-60)61-43-29-21-30-44-61)73-82(14,15)58-56-80(10,11)71-86(68-77(4)5,62-45-31-22-32-46-62)63-47-33-23-34-48-63/h20-54,76-78H,1,55-58H2,2-19H3. The van der Waals surface area contributed by atoms with Crippen LogP contribution in [-0.4, -0.2) is 112 Å². The van der Waals surface area contributed by atoms with Crippen LogP contribution in [0.3, 0.4) is 0 Å². The van der Waals surface area contributed by atoms with Crippen molar-refractivity contribution in [3.63, 3.8) is 0 Å². The van der Waals surface area contributed by atoms with E-state index in [1.54, 1.807) is 0 Å². The third-order valence-electron chi connectivity index (χ3n) is 15.8. The lowest BCUT2D eigenvalue weighted by molar-refractivity contribution is 0.270. The molecule has 0 saturated carbocycles. The molecule has 7 aromatic carbocycles. The molecule has 0 radical (unpaired) electrons. The summed E-state index contributed by atoms with van der Waals surface area (Å²) in [4.78, 5) is 1.04. The highest BCUT2D eigenvalue weighted by atomic mass is 28.5. The van der Waals surface area contributed by atoms with E-state index < -0.39 is 112 Å². The van der Waals surface area contributed by atoms with Gasteiger partial charge >= 0.3 is 34.5 Å². The van der Waals surface area contributed by atoms with E-state index in [0.29, 0.717) is 0 Å². The topological polar surface area (TPSA) is 83.1 Å². The van der Waals surface area contributed by atoms with Gasteiger partial charge in [0.25, 0.3) is 0 Å². The molecule has 0 aliphatic rings. The van der Waals surface area contributed by atoms with Crippen LogP contribution in [0.1, 0.15) is 0 Å². The van der Waals surface area contributed by atoms with Crippen LogP contribution in [0.4, 0.5) is 0 Å². The van der Waals surface area contributed by atoms with Gasteiger partial charge in [-0.05, 0) is 178 Å². The Bertz CT molecular complexity index is 3010. The van der Waals surface area contributed by atoms with Crippen LogP contribution in [0.15, 0.2) is 224 Å². The maximum absolute atomic E-state index is 8.27. The second-order valence-corrected chi connectivity index (χ2v) is 74.3. The van der Waals surface area contributed by atoms with Gasteiger partial charge < -0.3 is 37.0 Å². The molecule has 7 rings (SSSR count). The van der Waals surface area contributed by atoms with Crippen LogP contribution in [0.25, 0.3) is 0 Å². The molecule has 0 amide bonds. The van der Waals surface area contributed by atoms with Crippen molar-refractivity contribution >= 4 is 148 Å². The fourth-order valence-electron chi connectivity index (χ4n) is 11.6. The quantitative estimate of drug-likeness (QED) is 0.0374. The normalized spacial score (nSPS) is 13.6. The zero-order chi connectivity index (χ0) is 64.3. The summed E-state index contributed by atoms with van der Waals surface area (Å²) in [7, 11) is -35.4. The van der Waals surface area contributed by atoms with Gasteiger partial charge in [-0.25, -0.2) is 0 Å². The number of benzene rings is 7. The second kappa shape index (κ2) is 30.2. The Morgan fingerprint density at radius 3 is 0.693 bits per heavy atom. The van der Waals surface area contributed by atoms with E-state index in [4.69, 9.17) is 43.6 Å². The molecule has 9 nitrogen and oxygen atoms in total. The second-order valence-electron chi connectivity index (χ2n) is 27.6. The predicted octanol–water partition coefficient (Wildman–Crippen LogP) is 12.6. The molecule has 0 unspecified atom stereocenters. The summed E-state index contributed by atoms with van der Waals surface area (Å²) in [6.45, 7) is 46.9. The van der Waals surface area contributed by atoms with Gasteiger partial charge in [-0.1, -0.05) is 212 Å². The van der Waals surface area contributed by atoms with E-state index in [2.05, 4.69) is 330 Å². The first-order valence-electron chi connectivity index (χ1n) is 31.6. The summed E-state index contributed by atoms with van der Waals surface area (Å²) in [5.41, 5.74) is 0. The van der Waals surface area contributed by atoms with Crippen LogP contribution < -0.4 is 36.3 Å². The van der Waals surface area contributed by atoms with Gasteiger partial charge in [0.05, 0.1) is 0 Å². The van der Waals surface area contributed by atoms with Crippen molar-refractivity contribution in [3.05, 3.63) is 224 Å². The van der Waals surface area contributed by atoms with Crippen molar-refractivity contribution in [3.8, 4) is 0 Å². The van der Waals surface area contributed by atoms with Gasteiger partial charge in [0.2, 0.25) is 16.6 Å². The first-order chi connectivity index (χ1) is 41.3. The van der Waals surface area contributed by atoms with Crippen molar-refractivity contribution in [2.75, 3.05) is 0 Å². The molecule has 0 aliphatic heterocycles. The molecule has 0 N–H and O–H groups in total.